The maximum atomic E-state index is 12.2. The van der Waals surface area contributed by atoms with Gasteiger partial charge in [-0.05, 0) is 38.1 Å². The maximum Gasteiger partial charge on any atom is 0.251 e. The smallest absolute Gasteiger partial charge is 0.251 e. The number of halogens is 1. The summed E-state index contributed by atoms with van der Waals surface area (Å²) in [5, 5.41) is 11.8. The summed E-state index contributed by atoms with van der Waals surface area (Å²) in [6.45, 7) is 3.40. The highest BCUT2D eigenvalue weighted by molar-refractivity contribution is 6.30. The van der Waals surface area contributed by atoms with Crippen molar-refractivity contribution in [2.24, 2.45) is 0 Å². The minimum atomic E-state index is -0.667. The molecule has 21 heavy (non-hydrogen) atoms. The monoisotopic (exact) mass is 307 g/mol. The van der Waals surface area contributed by atoms with E-state index in [1.165, 1.54) is 4.90 Å². The van der Waals surface area contributed by atoms with Crippen LogP contribution in [-0.2, 0) is 4.79 Å². The minimum absolute atomic E-state index is 0.197. The highest BCUT2D eigenvalue weighted by atomic mass is 35.5. The van der Waals surface area contributed by atoms with E-state index in [0.29, 0.717) is 10.6 Å². The highest BCUT2D eigenvalue weighted by Gasteiger charge is 2.23. The predicted octanol–water partition coefficient (Wildman–Crippen LogP) is 2.22. The summed E-state index contributed by atoms with van der Waals surface area (Å²) in [6.07, 6.45) is 0.250. The zero-order chi connectivity index (χ0) is 16.0. The van der Waals surface area contributed by atoms with Crippen molar-refractivity contribution in [1.29, 1.82) is 5.26 Å². The van der Waals surface area contributed by atoms with Gasteiger partial charge in [0.15, 0.2) is 0 Å². The second-order valence-electron chi connectivity index (χ2n) is 4.86. The fourth-order valence-electron chi connectivity index (χ4n) is 1.73. The number of likely N-dealkylation sites (N-methyl/N-ethyl adjacent to an activating group) is 1. The summed E-state index contributed by atoms with van der Waals surface area (Å²) >= 11 is 5.76. The molecule has 2 atom stereocenters. The molecule has 0 saturated heterocycles. The van der Waals surface area contributed by atoms with E-state index in [9.17, 15) is 9.59 Å². The van der Waals surface area contributed by atoms with Crippen LogP contribution < -0.4 is 5.32 Å². The minimum Gasteiger partial charge on any atom is -0.341 e. The van der Waals surface area contributed by atoms with Crippen LogP contribution in [0.5, 0.6) is 0 Å². The zero-order valence-corrected chi connectivity index (χ0v) is 13.0. The van der Waals surface area contributed by atoms with Gasteiger partial charge in [0.2, 0.25) is 5.91 Å². The molecule has 0 aliphatic heterocycles. The molecule has 0 aliphatic carbocycles. The summed E-state index contributed by atoms with van der Waals surface area (Å²) in [6, 6.07) is 7.57. The van der Waals surface area contributed by atoms with E-state index in [4.69, 9.17) is 16.9 Å². The molecule has 1 N–H and O–H groups in total. The van der Waals surface area contributed by atoms with Gasteiger partial charge in [0.05, 0.1) is 12.5 Å². The molecular formula is C15H18ClN3O2. The Kier molecular flexibility index (Phi) is 6.19. The molecule has 0 heterocycles. The number of carbonyl (C=O) groups is 2. The summed E-state index contributed by atoms with van der Waals surface area (Å²) in [4.78, 5) is 25.6. The first-order chi connectivity index (χ1) is 9.86. The van der Waals surface area contributed by atoms with Crippen LogP contribution in [0, 0.1) is 11.3 Å². The maximum absolute atomic E-state index is 12.2. The van der Waals surface area contributed by atoms with Crippen molar-refractivity contribution in [3.8, 4) is 6.07 Å². The van der Waals surface area contributed by atoms with E-state index >= 15 is 0 Å². The molecule has 1 aromatic carbocycles. The molecule has 6 heteroatoms. The van der Waals surface area contributed by atoms with E-state index in [-0.39, 0.29) is 24.3 Å². The SMILES string of the molecule is C[C@@H](NC(=O)c1ccc(Cl)cc1)C(=O)N(C)[C@@H](C)CC#N. The van der Waals surface area contributed by atoms with E-state index in [0.717, 1.165) is 0 Å². The Morgan fingerprint density at radius 1 is 1.33 bits per heavy atom. The molecular weight excluding hydrogens is 290 g/mol. The molecule has 0 radical (unpaired) electrons. The number of hydrogen-bond acceptors (Lipinski definition) is 3. The number of nitrogens with zero attached hydrogens (tertiary/aromatic N) is 2. The van der Waals surface area contributed by atoms with Gasteiger partial charge in [0, 0.05) is 23.7 Å². The molecule has 2 amide bonds. The van der Waals surface area contributed by atoms with Crippen molar-refractivity contribution in [1.82, 2.24) is 10.2 Å². The summed E-state index contributed by atoms with van der Waals surface area (Å²) in [5.41, 5.74) is 0.437. The number of nitrogens with one attached hydrogen (secondary N) is 1. The number of nitriles is 1. The van der Waals surface area contributed by atoms with Crippen LogP contribution in [0.2, 0.25) is 5.02 Å². The van der Waals surface area contributed by atoms with Crippen LogP contribution >= 0.6 is 11.6 Å². The molecule has 112 valence electrons. The molecule has 0 saturated carbocycles. The lowest BCUT2D eigenvalue weighted by Crippen LogP contribution is -2.48. The fraction of sp³-hybridized carbons (Fsp3) is 0.400. The van der Waals surface area contributed by atoms with Crippen LogP contribution in [0.15, 0.2) is 24.3 Å². The Labute approximate surface area is 129 Å². The van der Waals surface area contributed by atoms with Crippen LogP contribution in [0.4, 0.5) is 0 Å². The Balaban J connectivity index is 2.65. The van der Waals surface area contributed by atoms with E-state index in [1.54, 1.807) is 45.2 Å². The number of amides is 2. The number of benzene rings is 1. The van der Waals surface area contributed by atoms with Gasteiger partial charge in [-0.1, -0.05) is 11.6 Å². The lowest BCUT2D eigenvalue weighted by Gasteiger charge is -2.26. The Morgan fingerprint density at radius 2 is 1.90 bits per heavy atom. The van der Waals surface area contributed by atoms with Gasteiger partial charge in [0.1, 0.15) is 6.04 Å². The summed E-state index contributed by atoms with van der Waals surface area (Å²) in [5.74, 6) is -0.575. The third kappa shape index (κ3) is 4.76. The van der Waals surface area contributed by atoms with Crippen molar-refractivity contribution < 1.29 is 9.59 Å². The van der Waals surface area contributed by atoms with Gasteiger partial charge in [-0.3, -0.25) is 9.59 Å². The van der Waals surface area contributed by atoms with Crippen molar-refractivity contribution in [2.75, 3.05) is 7.05 Å². The van der Waals surface area contributed by atoms with Crippen LogP contribution in [0.1, 0.15) is 30.6 Å². The molecule has 0 unspecified atom stereocenters. The Hall–Kier alpha value is -2.06. The molecule has 5 nitrogen and oxygen atoms in total. The van der Waals surface area contributed by atoms with Crippen LogP contribution in [0.3, 0.4) is 0 Å². The quantitative estimate of drug-likeness (QED) is 0.906. The van der Waals surface area contributed by atoms with Gasteiger partial charge in [-0.2, -0.15) is 5.26 Å². The highest BCUT2D eigenvalue weighted by Crippen LogP contribution is 2.10. The zero-order valence-electron chi connectivity index (χ0n) is 12.3. The lowest BCUT2D eigenvalue weighted by molar-refractivity contribution is -0.133. The van der Waals surface area contributed by atoms with Gasteiger partial charge in [-0.25, -0.2) is 0 Å². The largest absolute Gasteiger partial charge is 0.341 e. The number of rotatable bonds is 5. The Bertz CT molecular complexity index is 551. The normalized spacial score (nSPS) is 12.9. The third-order valence-corrected chi connectivity index (χ3v) is 3.47. The van der Waals surface area contributed by atoms with Crippen molar-refractivity contribution >= 4 is 23.4 Å². The van der Waals surface area contributed by atoms with Crippen molar-refractivity contribution in [3.05, 3.63) is 34.9 Å². The van der Waals surface area contributed by atoms with E-state index in [2.05, 4.69) is 5.32 Å². The van der Waals surface area contributed by atoms with Crippen molar-refractivity contribution in [2.45, 2.75) is 32.4 Å². The van der Waals surface area contributed by atoms with Gasteiger partial charge in [0.25, 0.3) is 5.91 Å². The topological polar surface area (TPSA) is 73.2 Å². The average Bonchev–Trinajstić information content (AvgIpc) is 2.46. The number of hydrogen-bond donors (Lipinski definition) is 1. The molecule has 1 aromatic rings. The molecule has 0 fully saturated rings. The standard InChI is InChI=1S/C15H18ClN3O2/c1-10(8-9-17)19(3)15(21)11(2)18-14(20)12-4-6-13(16)7-5-12/h4-7,10-11H,8H2,1-3H3,(H,18,20)/t10-,11+/m0/s1. The fourth-order valence-corrected chi connectivity index (χ4v) is 1.86. The van der Waals surface area contributed by atoms with Gasteiger partial charge >= 0.3 is 0 Å². The van der Waals surface area contributed by atoms with Gasteiger partial charge in [-0.15, -0.1) is 0 Å². The first-order valence-electron chi connectivity index (χ1n) is 6.57. The third-order valence-electron chi connectivity index (χ3n) is 3.22. The van der Waals surface area contributed by atoms with Crippen molar-refractivity contribution in [3.63, 3.8) is 0 Å². The predicted molar refractivity (Wildman–Crippen MR) is 80.8 cm³/mol. The molecule has 0 aromatic heterocycles. The molecule has 0 bridgehead atoms. The van der Waals surface area contributed by atoms with Crippen LogP contribution in [0.25, 0.3) is 0 Å². The van der Waals surface area contributed by atoms with E-state index < -0.39 is 6.04 Å². The van der Waals surface area contributed by atoms with Crippen LogP contribution in [-0.4, -0.2) is 35.8 Å². The average molecular weight is 308 g/mol. The molecule has 0 spiro atoms. The second kappa shape index (κ2) is 7.65. The first-order valence-corrected chi connectivity index (χ1v) is 6.94. The first kappa shape index (κ1) is 17.0. The van der Waals surface area contributed by atoms with E-state index in [1.807, 2.05) is 6.07 Å². The summed E-state index contributed by atoms with van der Waals surface area (Å²) < 4.78 is 0. The van der Waals surface area contributed by atoms with Gasteiger partial charge < -0.3 is 10.2 Å². The molecule has 0 aliphatic rings. The lowest BCUT2D eigenvalue weighted by atomic mass is 10.1. The summed E-state index contributed by atoms with van der Waals surface area (Å²) in [7, 11) is 1.62. The Morgan fingerprint density at radius 3 is 2.43 bits per heavy atom. The molecule has 1 rings (SSSR count). The second-order valence-corrected chi connectivity index (χ2v) is 5.30. The number of carbonyl (C=O) groups excluding carboxylic acids is 2.